The molecule has 16 heavy (non-hydrogen) atoms. The van der Waals surface area contributed by atoms with Crippen molar-refractivity contribution in [3.05, 3.63) is 0 Å². The van der Waals surface area contributed by atoms with Gasteiger partial charge in [-0.2, -0.15) is 0 Å². The van der Waals surface area contributed by atoms with Gasteiger partial charge in [0.25, 0.3) is 0 Å². The number of hydrogen-bond donors (Lipinski definition) is 2. The third-order valence-corrected chi connectivity index (χ3v) is 3.41. The summed E-state index contributed by atoms with van der Waals surface area (Å²) in [5.41, 5.74) is 5.36. The normalized spacial score (nSPS) is 27.6. The zero-order chi connectivity index (χ0) is 12.0. The lowest BCUT2D eigenvalue weighted by Crippen LogP contribution is -2.44. The highest BCUT2D eigenvalue weighted by Crippen LogP contribution is 2.24. The molecule has 3 unspecified atom stereocenters. The van der Waals surface area contributed by atoms with Crippen molar-refractivity contribution < 1.29 is 9.53 Å². The lowest BCUT2D eigenvalue weighted by atomic mass is 9.85. The monoisotopic (exact) mass is 228 g/mol. The van der Waals surface area contributed by atoms with E-state index in [1.165, 1.54) is 0 Å². The molecule has 94 valence electrons. The molecule has 3 atom stereocenters. The SMILES string of the molecule is CCC(COC)NC1CCCC(C(N)=O)C1. The third kappa shape index (κ3) is 4.10. The molecule has 0 aromatic heterocycles. The molecule has 0 bridgehead atoms. The lowest BCUT2D eigenvalue weighted by molar-refractivity contribution is -0.123. The molecular weight excluding hydrogens is 204 g/mol. The van der Waals surface area contributed by atoms with Gasteiger partial charge >= 0.3 is 0 Å². The van der Waals surface area contributed by atoms with Crippen LogP contribution in [-0.4, -0.2) is 31.7 Å². The maximum Gasteiger partial charge on any atom is 0.220 e. The second-order valence-corrected chi connectivity index (χ2v) is 4.69. The predicted molar refractivity (Wildman–Crippen MR) is 64.0 cm³/mol. The second-order valence-electron chi connectivity index (χ2n) is 4.69. The van der Waals surface area contributed by atoms with Gasteiger partial charge in [0.2, 0.25) is 5.91 Å². The molecule has 1 aliphatic carbocycles. The molecular formula is C12H24N2O2. The van der Waals surface area contributed by atoms with Crippen LogP contribution in [0, 0.1) is 5.92 Å². The summed E-state index contributed by atoms with van der Waals surface area (Å²) in [5, 5.41) is 3.56. The average molecular weight is 228 g/mol. The van der Waals surface area contributed by atoms with E-state index in [1.54, 1.807) is 7.11 Å². The van der Waals surface area contributed by atoms with Crippen LogP contribution in [0.25, 0.3) is 0 Å². The molecule has 0 aromatic carbocycles. The standard InChI is InChI=1S/C12H24N2O2/c1-3-10(8-16-2)14-11-6-4-5-9(7-11)12(13)15/h9-11,14H,3-8H2,1-2H3,(H2,13,15). The highest BCUT2D eigenvalue weighted by Gasteiger charge is 2.26. The van der Waals surface area contributed by atoms with Crippen LogP contribution in [0.4, 0.5) is 0 Å². The van der Waals surface area contributed by atoms with Crippen LogP contribution in [0.15, 0.2) is 0 Å². The van der Waals surface area contributed by atoms with Gasteiger partial charge in [-0.1, -0.05) is 13.3 Å². The van der Waals surface area contributed by atoms with Gasteiger partial charge < -0.3 is 15.8 Å². The van der Waals surface area contributed by atoms with Gasteiger partial charge in [0.15, 0.2) is 0 Å². The molecule has 0 heterocycles. The van der Waals surface area contributed by atoms with E-state index >= 15 is 0 Å². The summed E-state index contributed by atoms with van der Waals surface area (Å²) in [6.07, 6.45) is 5.12. The Bertz CT molecular complexity index is 221. The van der Waals surface area contributed by atoms with E-state index in [9.17, 15) is 4.79 Å². The fourth-order valence-electron chi connectivity index (χ4n) is 2.42. The average Bonchev–Trinajstić information content (AvgIpc) is 2.29. The van der Waals surface area contributed by atoms with E-state index in [2.05, 4.69) is 12.2 Å². The zero-order valence-corrected chi connectivity index (χ0v) is 10.4. The van der Waals surface area contributed by atoms with Crippen molar-refractivity contribution in [3.63, 3.8) is 0 Å². The van der Waals surface area contributed by atoms with Crippen LogP contribution in [0.3, 0.4) is 0 Å². The first-order valence-electron chi connectivity index (χ1n) is 6.21. The molecule has 0 aromatic rings. The largest absolute Gasteiger partial charge is 0.383 e. The molecule has 0 radical (unpaired) electrons. The van der Waals surface area contributed by atoms with Crippen molar-refractivity contribution in [1.29, 1.82) is 0 Å². The quantitative estimate of drug-likeness (QED) is 0.714. The van der Waals surface area contributed by atoms with Gasteiger partial charge in [-0.3, -0.25) is 4.79 Å². The minimum absolute atomic E-state index is 0.0614. The van der Waals surface area contributed by atoms with Crippen LogP contribution in [0.2, 0.25) is 0 Å². The molecule has 1 saturated carbocycles. The van der Waals surface area contributed by atoms with Crippen molar-refractivity contribution in [3.8, 4) is 0 Å². The Labute approximate surface area is 97.9 Å². The molecule has 4 heteroatoms. The number of amides is 1. The maximum absolute atomic E-state index is 11.2. The molecule has 1 fully saturated rings. The first-order chi connectivity index (χ1) is 7.67. The molecule has 1 rings (SSSR count). The van der Waals surface area contributed by atoms with E-state index in [1.807, 2.05) is 0 Å². The summed E-state index contributed by atoms with van der Waals surface area (Å²) in [6, 6.07) is 0.813. The topological polar surface area (TPSA) is 64.3 Å². The Morgan fingerprint density at radius 3 is 2.88 bits per heavy atom. The van der Waals surface area contributed by atoms with Crippen LogP contribution < -0.4 is 11.1 Å². The van der Waals surface area contributed by atoms with Gasteiger partial charge in [-0.05, 0) is 25.7 Å². The first kappa shape index (κ1) is 13.5. The number of carbonyl (C=O) groups excluding carboxylic acids is 1. The summed E-state index contributed by atoms with van der Waals surface area (Å²) < 4.78 is 5.16. The summed E-state index contributed by atoms with van der Waals surface area (Å²) in [5.74, 6) is -0.0856. The summed E-state index contributed by atoms with van der Waals surface area (Å²) in [7, 11) is 1.72. The Kier molecular flexibility index (Phi) is 5.77. The van der Waals surface area contributed by atoms with E-state index < -0.39 is 0 Å². The van der Waals surface area contributed by atoms with E-state index in [4.69, 9.17) is 10.5 Å². The minimum atomic E-state index is -0.147. The van der Waals surface area contributed by atoms with Crippen molar-refractivity contribution in [1.82, 2.24) is 5.32 Å². The van der Waals surface area contributed by atoms with Crippen LogP contribution in [-0.2, 0) is 9.53 Å². The van der Waals surface area contributed by atoms with Crippen LogP contribution in [0.5, 0.6) is 0 Å². The molecule has 0 saturated heterocycles. The Morgan fingerprint density at radius 2 is 2.31 bits per heavy atom. The van der Waals surface area contributed by atoms with Crippen LogP contribution >= 0.6 is 0 Å². The summed E-state index contributed by atoms with van der Waals surface area (Å²) in [6.45, 7) is 2.87. The van der Waals surface area contributed by atoms with Gasteiger partial charge in [-0.15, -0.1) is 0 Å². The first-order valence-corrected chi connectivity index (χ1v) is 6.21. The molecule has 3 N–H and O–H groups in total. The van der Waals surface area contributed by atoms with E-state index in [0.29, 0.717) is 12.1 Å². The van der Waals surface area contributed by atoms with Gasteiger partial charge in [0.05, 0.1) is 6.61 Å². The number of methoxy groups -OCH3 is 1. The van der Waals surface area contributed by atoms with Gasteiger partial charge in [0.1, 0.15) is 0 Å². The summed E-state index contributed by atoms with van der Waals surface area (Å²) >= 11 is 0. The fraction of sp³-hybridized carbons (Fsp3) is 0.917. The summed E-state index contributed by atoms with van der Waals surface area (Å²) in [4.78, 5) is 11.2. The minimum Gasteiger partial charge on any atom is -0.383 e. The molecule has 1 aliphatic rings. The number of rotatable bonds is 6. The number of primary amides is 1. The smallest absolute Gasteiger partial charge is 0.220 e. The number of hydrogen-bond acceptors (Lipinski definition) is 3. The number of nitrogens with one attached hydrogen (secondary N) is 1. The number of nitrogens with two attached hydrogens (primary N) is 1. The van der Waals surface area contributed by atoms with E-state index in [0.717, 1.165) is 38.7 Å². The number of ether oxygens (including phenoxy) is 1. The zero-order valence-electron chi connectivity index (χ0n) is 10.4. The Balaban J connectivity index is 2.38. The van der Waals surface area contributed by atoms with Crippen molar-refractivity contribution >= 4 is 5.91 Å². The predicted octanol–water partition coefficient (Wildman–Crippen LogP) is 1.05. The van der Waals surface area contributed by atoms with Crippen molar-refractivity contribution in [2.45, 2.75) is 51.1 Å². The molecule has 0 spiro atoms. The number of carbonyl (C=O) groups is 1. The Morgan fingerprint density at radius 1 is 1.56 bits per heavy atom. The lowest BCUT2D eigenvalue weighted by Gasteiger charge is -2.31. The maximum atomic E-state index is 11.2. The Hall–Kier alpha value is -0.610. The van der Waals surface area contributed by atoms with Gasteiger partial charge in [0, 0.05) is 25.1 Å². The van der Waals surface area contributed by atoms with Crippen molar-refractivity contribution in [2.24, 2.45) is 11.7 Å². The second kappa shape index (κ2) is 6.86. The molecule has 4 nitrogen and oxygen atoms in total. The van der Waals surface area contributed by atoms with E-state index in [-0.39, 0.29) is 11.8 Å². The van der Waals surface area contributed by atoms with Gasteiger partial charge in [-0.25, -0.2) is 0 Å². The molecule has 0 aliphatic heterocycles. The molecule has 1 amide bonds. The fourth-order valence-corrected chi connectivity index (χ4v) is 2.42. The third-order valence-electron chi connectivity index (χ3n) is 3.41. The van der Waals surface area contributed by atoms with Crippen molar-refractivity contribution in [2.75, 3.05) is 13.7 Å². The highest BCUT2D eigenvalue weighted by molar-refractivity contribution is 5.76. The van der Waals surface area contributed by atoms with Crippen LogP contribution in [0.1, 0.15) is 39.0 Å². The highest BCUT2D eigenvalue weighted by atomic mass is 16.5.